The molecule has 1 aromatic heterocycles. The van der Waals surface area contributed by atoms with Gasteiger partial charge in [0.05, 0.1) is 6.61 Å². The molecule has 0 fully saturated rings. The maximum absolute atomic E-state index is 11.8. The summed E-state index contributed by atoms with van der Waals surface area (Å²) < 4.78 is 7.13. The molecule has 0 aliphatic heterocycles. The highest BCUT2D eigenvalue weighted by Crippen LogP contribution is 2.24. The fourth-order valence-electron chi connectivity index (χ4n) is 1.57. The van der Waals surface area contributed by atoms with Crippen LogP contribution in [0.1, 0.15) is 52.3 Å². The Bertz CT molecular complexity index is 418. The van der Waals surface area contributed by atoms with E-state index in [1.807, 2.05) is 18.5 Å². The molecular weight excluding hydrogens is 262 g/mol. The minimum atomic E-state index is -0.264. The van der Waals surface area contributed by atoms with Crippen molar-refractivity contribution in [2.24, 2.45) is 7.05 Å². The second-order valence-electron chi connectivity index (χ2n) is 4.84. The molecule has 1 atom stereocenters. The van der Waals surface area contributed by atoms with Gasteiger partial charge in [0.2, 0.25) is 0 Å². The first kappa shape index (κ1) is 16.0. The molecule has 0 N–H and O–H groups in total. The molecule has 6 heteroatoms. The van der Waals surface area contributed by atoms with Gasteiger partial charge in [-0.15, -0.1) is 10.2 Å². The lowest BCUT2D eigenvalue weighted by Crippen LogP contribution is -2.18. The van der Waals surface area contributed by atoms with Crippen LogP contribution in [-0.4, -0.2) is 32.6 Å². The Hall–Kier alpha value is -1.04. The van der Waals surface area contributed by atoms with Gasteiger partial charge < -0.3 is 9.30 Å². The fourth-order valence-corrected chi connectivity index (χ4v) is 2.39. The molecular formula is C13H23N3O2S. The number of hydrogen-bond acceptors (Lipinski definition) is 5. The summed E-state index contributed by atoms with van der Waals surface area (Å²) in [6.07, 6.45) is 1.93. The van der Waals surface area contributed by atoms with Crippen LogP contribution in [0.3, 0.4) is 0 Å². The lowest BCUT2D eigenvalue weighted by molar-refractivity contribution is -0.142. The zero-order valence-electron chi connectivity index (χ0n) is 12.3. The second-order valence-corrected chi connectivity index (χ2v) is 6.14. The summed E-state index contributed by atoms with van der Waals surface area (Å²) in [5.74, 6) is 1.06. The van der Waals surface area contributed by atoms with Crippen molar-refractivity contribution in [1.29, 1.82) is 0 Å². The van der Waals surface area contributed by atoms with Crippen molar-refractivity contribution in [3.8, 4) is 0 Å². The van der Waals surface area contributed by atoms with Gasteiger partial charge in [0.1, 0.15) is 11.1 Å². The molecule has 1 heterocycles. The molecule has 1 rings (SSSR count). The van der Waals surface area contributed by atoms with Crippen LogP contribution >= 0.6 is 11.8 Å². The predicted octanol–water partition coefficient (Wildman–Crippen LogP) is 2.76. The molecule has 108 valence electrons. The van der Waals surface area contributed by atoms with Crippen molar-refractivity contribution in [3.05, 3.63) is 5.82 Å². The maximum atomic E-state index is 11.8. The van der Waals surface area contributed by atoms with Crippen LogP contribution in [0.4, 0.5) is 0 Å². The van der Waals surface area contributed by atoms with Gasteiger partial charge in [-0.25, -0.2) is 0 Å². The van der Waals surface area contributed by atoms with E-state index in [1.165, 1.54) is 11.8 Å². The summed E-state index contributed by atoms with van der Waals surface area (Å²) in [6, 6.07) is 0. The summed E-state index contributed by atoms with van der Waals surface area (Å²) in [5, 5.41) is 8.76. The van der Waals surface area contributed by atoms with Gasteiger partial charge in [-0.3, -0.25) is 4.79 Å². The molecule has 1 unspecified atom stereocenters. The van der Waals surface area contributed by atoms with Crippen LogP contribution in [0.25, 0.3) is 0 Å². The van der Waals surface area contributed by atoms with E-state index in [4.69, 9.17) is 4.74 Å². The Labute approximate surface area is 119 Å². The van der Waals surface area contributed by atoms with Crippen LogP contribution in [0.2, 0.25) is 0 Å². The zero-order chi connectivity index (χ0) is 14.4. The third-order valence-electron chi connectivity index (χ3n) is 2.74. The van der Waals surface area contributed by atoms with Crippen molar-refractivity contribution in [3.63, 3.8) is 0 Å². The predicted molar refractivity (Wildman–Crippen MR) is 76.3 cm³/mol. The van der Waals surface area contributed by atoms with E-state index in [1.54, 1.807) is 0 Å². The average Bonchev–Trinajstić information content (AvgIpc) is 2.71. The van der Waals surface area contributed by atoms with Gasteiger partial charge in [-0.05, 0) is 13.3 Å². The Morgan fingerprint density at radius 3 is 2.58 bits per heavy atom. The number of thioether (sulfide) groups is 1. The first-order valence-corrected chi connectivity index (χ1v) is 7.57. The molecule has 0 aliphatic rings. The van der Waals surface area contributed by atoms with E-state index in [-0.39, 0.29) is 11.2 Å². The Kier molecular flexibility index (Phi) is 6.34. The van der Waals surface area contributed by atoms with Crippen LogP contribution < -0.4 is 0 Å². The monoisotopic (exact) mass is 285 g/mol. The molecule has 0 saturated carbocycles. The van der Waals surface area contributed by atoms with Gasteiger partial charge >= 0.3 is 5.97 Å². The number of carbonyl (C=O) groups excluding carboxylic acids is 1. The molecule has 0 bridgehead atoms. The van der Waals surface area contributed by atoms with E-state index >= 15 is 0 Å². The zero-order valence-corrected chi connectivity index (χ0v) is 13.2. The number of ether oxygens (including phenoxy) is 1. The lowest BCUT2D eigenvalue weighted by atomic mass is 10.2. The molecule has 0 amide bonds. The summed E-state index contributed by atoms with van der Waals surface area (Å²) in [4.78, 5) is 11.8. The third-order valence-corrected chi connectivity index (χ3v) is 3.85. The first-order chi connectivity index (χ1) is 8.97. The fraction of sp³-hybridized carbons (Fsp3) is 0.769. The van der Waals surface area contributed by atoms with E-state index in [9.17, 15) is 4.79 Å². The topological polar surface area (TPSA) is 57.0 Å². The minimum absolute atomic E-state index is 0.187. The van der Waals surface area contributed by atoms with Gasteiger partial charge in [-0.1, -0.05) is 39.0 Å². The van der Waals surface area contributed by atoms with Gasteiger partial charge in [0.25, 0.3) is 0 Å². The summed E-state index contributed by atoms with van der Waals surface area (Å²) in [6.45, 7) is 8.54. The number of rotatable bonds is 7. The number of hydrogen-bond donors (Lipinski definition) is 0. The largest absolute Gasteiger partial charge is 0.465 e. The third kappa shape index (κ3) is 4.53. The molecule has 1 aromatic rings. The highest BCUT2D eigenvalue weighted by Gasteiger charge is 2.20. The molecule has 0 spiro atoms. The second kappa shape index (κ2) is 7.53. The molecule has 0 saturated heterocycles. The van der Waals surface area contributed by atoms with Crippen LogP contribution in [0.5, 0.6) is 0 Å². The highest BCUT2D eigenvalue weighted by atomic mass is 32.2. The molecule has 0 aliphatic carbocycles. The van der Waals surface area contributed by atoms with Crippen molar-refractivity contribution >= 4 is 17.7 Å². The number of nitrogens with zero attached hydrogens (tertiary/aromatic N) is 3. The van der Waals surface area contributed by atoms with E-state index in [2.05, 4.69) is 31.0 Å². The Balaban J connectivity index is 2.56. The number of unbranched alkanes of at least 4 members (excludes halogenated alkanes) is 1. The Morgan fingerprint density at radius 2 is 2.05 bits per heavy atom. The van der Waals surface area contributed by atoms with Crippen molar-refractivity contribution in [2.75, 3.05) is 6.61 Å². The normalized spacial score (nSPS) is 12.7. The molecule has 0 radical (unpaired) electrons. The molecule has 5 nitrogen and oxygen atoms in total. The number of aromatic nitrogens is 3. The SMILES string of the molecule is CCCCOC(=O)C(C)Sc1nnc(C(C)C)n1C. The van der Waals surface area contributed by atoms with Gasteiger partial charge in [-0.2, -0.15) is 0 Å². The standard InChI is InChI=1S/C13H23N3O2S/c1-6-7-8-18-12(17)10(4)19-13-15-14-11(9(2)3)16(13)5/h9-10H,6-8H2,1-5H3. The van der Waals surface area contributed by atoms with Crippen LogP contribution in [0.15, 0.2) is 5.16 Å². The smallest absolute Gasteiger partial charge is 0.319 e. The summed E-state index contributed by atoms with van der Waals surface area (Å²) in [7, 11) is 1.92. The minimum Gasteiger partial charge on any atom is -0.465 e. The van der Waals surface area contributed by atoms with Gasteiger partial charge in [0, 0.05) is 13.0 Å². The molecule has 0 aromatic carbocycles. The Morgan fingerprint density at radius 1 is 1.37 bits per heavy atom. The van der Waals surface area contributed by atoms with Gasteiger partial charge in [0.15, 0.2) is 5.16 Å². The quantitative estimate of drug-likeness (QED) is 0.438. The van der Waals surface area contributed by atoms with E-state index in [0.29, 0.717) is 12.5 Å². The van der Waals surface area contributed by atoms with Crippen molar-refractivity contribution < 1.29 is 9.53 Å². The number of esters is 1. The highest BCUT2D eigenvalue weighted by molar-refractivity contribution is 8.00. The summed E-state index contributed by atoms with van der Waals surface area (Å²) >= 11 is 1.39. The lowest BCUT2D eigenvalue weighted by Gasteiger charge is -2.11. The van der Waals surface area contributed by atoms with Crippen LogP contribution in [-0.2, 0) is 16.6 Å². The van der Waals surface area contributed by atoms with Crippen molar-refractivity contribution in [1.82, 2.24) is 14.8 Å². The number of carbonyl (C=O) groups is 1. The summed E-state index contributed by atoms with van der Waals surface area (Å²) in [5.41, 5.74) is 0. The molecule has 19 heavy (non-hydrogen) atoms. The maximum Gasteiger partial charge on any atom is 0.319 e. The van der Waals surface area contributed by atoms with Crippen LogP contribution in [0, 0.1) is 0 Å². The van der Waals surface area contributed by atoms with E-state index < -0.39 is 0 Å². The first-order valence-electron chi connectivity index (χ1n) is 6.69. The average molecular weight is 285 g/mol. The van der Waals surface area contributed by atoms with E-state index in [0.717, 1.165) is 23.8 Å². The van der Waals surface area contributed by atoms with Crippen molar-refractivity contribution in [2.45, 2.75) is 56.9 Å².